The molecule has 0 radical (unpaired) electrons. The van der Waals surface area contributed by atoms with E-state index < -0.39 is 5.41 Å². The molecule has 4 aliphatic rings. The number of hydrogen-bond acceptors (Lipinski definition) is 5. The van der Waals surface area contributed by atoms with Crippen LogP contribution in [0.15, 0.2) is 174 Å². The van der Waals surface area contributed by atoms with Crippen LogP contribution in [0.3, 0.4) is 0 Å². The highest BCUT2D eigenvalue weighted by molar-refractivity contribution is 6.20. The normalized spacial score (nSPS) is 15.0. The van der Waals surface area contributed by atoms with Crippen molar-refractivity contribution in [1.82, 2.24) is 15.0 Å². The van der Waals surface area contributed by atoms with Crippen molar-refractivity contribution in [3.05, 3.63) is 209 Å². The van der Waals surface area contributed by atoms with Gasteiger partial charge in [-0.1, -0.05) is 103 Å². The topological polar surface area (TPSA) is 63.4 Å². The SMILES string of the molecule is c1ccc2c(c1)-c1ccccc1C21c2cc(C3=Nc4c(c5ccccc5c5ncccc45)C3)ccc2-c2ccc(C3=Nc4c(c5cccnc5c5ncccc45)C3)cc21. The number of fused-ring (bicyclic) bond motifs is 22. The highest BCUT2D eigenvalue weighted by Crippen LogP contribution is 2.63. The summed E-state index contributed by atoms with van der Waals surface area (Å²) < 4.78 is 0. The molecule has 59 heavy (non-hydrogen) atoms. The first-order chi connectivity index (χ1) is 29.3. The van der Waals surface area contributed by atoms with E-state index in [1.807, 2.05) is 36.8 Å². The Bertz CT molecular complexity index is 3390. The van der Waals surface area contributed by atoms with Crippen molar-refractivity contribution in [2.75, 3.05) is 0 Å². The summed E-state index contributed by atoms with van der Waals surface area (Å²) in [5.41, 5.74) is 21.7. The molecule has 10 aromatic rings. The van der Waals surface area contributed by atoms with Crippen LogP contribution < -0.4 is 0 Å². The molecule has 0 saturated heterocycles. The highest BCUT2D eigenvalue weighted by Gasteiger charge is 2.52. The maximum Gasteiger partial charge on any atom is 0.0986 e. The van der Waals surface area contributed by atoms with Gasteiger partial charge in [-0.2, -0.15) is 0 Å². The quantitative estimate of drug-likeness (QED) is 0.165. The Morgan fingerprint density at radius 1 is 0.356 bits per heavy atom. The predicted octanol–water partition coefficient (Wildman–Crippen LogP) is 12.2. The van der Waals surface area contributed by atoms with Gasteiger partial charge in [0.2, 0.25) is 0 Å². The molecule has 0 N–H and O–H groups in total. The molecule has 3 aromatic heterocycles. The second-order valence-corrected chi connectivity index (χ2v) is 16.2. The molecule has 0 bridgehead atoms. The molecular formula is C54H31N5. The third-order valence-electron chi connectivity index (χ3n) is 13.5. The fraction of sp³-hybridized carbons (Fsp3) is 0.0556. The van der Waals surface area contributed by atoms with Gasteiger partial charge < -0.3 is 0 Å². The minimum absolute atomic E-state index is 0.515. The van der Waals surface area contributed by atoms with Gasteiger partial charge in [-0.25, -0.2) is 0 Å². The van der Waals surface area contributed by atoms with Crippen LogP contribution in [0, 0.1) is 0 Å². The molecular weight excluding hydrogens is 719 g/mol. The van der Waals surface area contributed by atoms with Crippen molar-refractivity contribution < 1.29 is 0 Å². The third kappa shape index (κ3) is 3.97. The average Bonchev–Trinajstić information content (AvgIpc) is 4.09. The van der Waals surface area contributed by atoms with E-state index in [9.17, 15) is 0 Å². The van der Waals surface area contributed by atoms with Gasteiger partial charge in [0, 0.05) is 53.0 Å². The maximum atomic E-state index is 5.46. The Hall–Kier alpha value is -7.63. The van der Waals surface area contributed by atoms with Crippen molar-refractivity contribution in [3.8, 4) is 22.3 Å². The zero-order valence-electron chi connectivity index (χ0n) is 31.7. The molecule has 2 aliphatic heterocycles. The van der Waals surface area contributed by atoms with E-state index in [0.29, 0.717) is 0 Å². The number of aromatic nitrogens is 3. The summed E-state index contributed by atoms with van der Waals surface area (Å²) in [6, 6.07) is 53.4. The Kier molecular flexibility index (Phi) is 6.01. The zero-order chi connectivity index (χ0) is 38.4. The molecule has 0 amide bonds. The monoisotopic (exact) mass is 749 g/mol. The van der Waals surface area contributed by atoms with Crippen LogP contribution in [0.5, 0.6) is 0 Å². The Labute approximate surface area is 339 Å². The van der Waals surface area contributed by atoms with Gasteiger partial charge in [0.25, 0.3) is 0 Å². The first-order valence-corrected chi connectivity index (χ1v) is 20.3. The second kappa shape index (κ2) is 11.3. The lowest BCUT2D eigenvalue weighted by atomic mass is 9.70. The Morgan fingerprint density at radius 3 is 1.41 bits per heavy atom. The van der Waals surface area contributed by atoms with Crippen LogP contribution in [-0.2, 0) is 18.3 Å². The standard InChI is InChI=1S/C54H31N5/c1-2-13-37-32(10-1)41-28-47(58-50(41)39-15-8-23-55-49(37)39)30-19-21-35-36-22-20-31(48-29-42-38-14-7-24-56-52(38)53-40(51(42)59-48)16-9-25-57-53)27-46(36)54(45(35)26-30)43-17-5-3-11-33(43)34-12-4-6-18-44(34)54/h1-27H,28-29H2. The van der Waals surface area contributed by atoms with Gasteiger partial charge in [-0.3, -0.25) is 24.9 Å². The van der Waals surface area contributed by atoms with Crippen molar-refractivity contribution in [2.45, 2.75) is 18.3 Å². The lowest BCUT2D eigenvalue weighted by molar-refractivity contribution is 0.793. The Balaban J connectivity index is 0.979. The number of pyridine rings is 3. The summed E-state index contributed by atoms with van der Waals surface area (Å²) in [5, 5.41) is 5.69. The number of nitrogens with zero attached hydrogens (tertiary/aromatic N) is 5. The van der Waals surface area contributed by atoms with Gasteiger partial charge >= 0.3 is 0 Å². The van der Waals surface area contributed by atoms with Gasteiger partial charge in [0.15, 0.2) is 0 Å². The second-order valence-electron chi connectivity index (χ2n) is 16.2. The van der Waals surface area contributed by atoms with Crippen LogP contribution in [-0.4, -0.2) is 26.4 Å². The van der Waals surface area contributed by atoms with E-state index in [-0.39, 0.29) is 0 Å². The summed E-state index contributed by atoms with van der Waals surface area (Å²) in [5.74, 6) is 0. The van der Waals surface area contributed by atoms with Crippen LogP contribution in [0.25, 0.3) is 65.7 Å². The van der Waals surface area contributed by atoms with Gasteiger partial charge in [0.05, 0.1) is 44.8 Å². The number of hydrogen-bond donors (Lipinski definition) is 0. The van der Waals surface area contributed by atoms with Crippen molar-refractivity contribution >= 4 is 66.3 Å². The minimum atomic E-state index is -0.515. The molecule has 0 saturated carbocycles. The predicted molar refractivity (Wildman–Crippen MR) is 239 cm³/mol. The van der Waals surface area contributed by atoms with E-state index in [1.54, 1.807) is 0 Å². The third-order valence-corrected chi connectivity index (χ3v) is 13.5. The molecule has 14 rings (SSSR count). The molecule has 7 aromatic carbocycles. The van der Waals surface area contributed by atoms with Gasteiger partial charge in [-0.15, -0.1) is 0 Å². The summed E-state index contributed by atoms with van der Waals surface area (Å²) >= 11 is 0. The molecule has 1 spiro atoms. The molecule has 0 unspecified atom stereocenters. The highest BCUT2D eigenvalue weighted by atomic mass is 14.8. The Morgan fingerprint density at radius 2 is 0.797 bits per heavy atom. The smallest absolute Gasteiger partial charge is 0.0986 e. The number of benzene rings is 7. The molecule has 5 heteroatoms. The van der Waals surface area contributed by atoms with E-state index in [1.165, 1.54) is 66.4 Å². The fourth-order valence-electron chi connectivity index (χ4n) is 11.1. The van der Waals surface area contributed by atoms with Crippen molar-refractivity contribution in [2.24, 2.45) is 9.98 Å². The molecule has 5 heterocycles. The van der Waals surface area contributed by atoms with Gasteiger partial charge in [-0.05, 0) is 115 Å². The van der Waals surface area contributed by atoms with Crippen LogP contribution in [0.2, 0.25) is 0 Å². The molecule has 2 aliphatic carbocycles. The van der Waals surface area contributed by atoms with Gasteiger partial charge in [0.1, 0.15) is 0 Å². The van der Waals surface area contributed by atoms with E-state index in [2.05, 4.69) is 127 Å². The maximum absolute atomic E-state index is 5.46. The largest absolute Gasteiger partial charge is 0.256 e. The lowest BCUT2D eigenvalue weighted by Crippen LogP contribution is -2.26. The van der Waals surface area contributed by atoms with Crippen LogP contribution in [0.1, 0.15) is 44.5 Å². The summed E-state index contributed by atoms with van der Waals surface area (Å²) in [4.78, 5) is 25.3. The van der Waals surface area contributed by atoms with E-state index in [4.69, 9.17) is 24.9 Å². The minimum Gasteiger partial charge on any atom is -0.256 e. The summed E-state index contributed by atoms with van der Waals surface area (Å²) in [7, 11) is 0. The summed E-state index contributed by atoms with van der Waals surface area (Å²) in [6.45, 7) is 0. The van der Waals surface area contributed by atoms with E-state index in [0.717, 1.165) is 79.5 Å². The van der Waals surface area contributed by atoms with Crippen LogP contribution in [0.4, 0.5) is 11.4 Å². The molecule has 272 valence electrons. The number of aliphatic imine (C=N–C) groups is 2. The molecule has 0 atom stereocenters. The first-order valence-electron chi connectivity index (χ1n) is 20.3. The van der Waals surface area contributed by atoms with E-state index >= 15 is 0 Å². The average molecular weight is 750 g/mol. The zero-order valence-corrected chi connectivity index (χ0v) is 31.7. The molecule has 5 nitrogen and oxygen atoms in total. The van der Waals surface area contributed by atoms with Crippen molar-refractivity contribution in [3.63, 3.8) is 0 Å². The molecule has 0 fully saturated rings. The van der Waals surface area contributed by atoms with Crippen LogP contribution >= 0.6 is 0 Å². The summed E-state index contributed by atoms with van der Waals surface area (Å²) in [6.07, 6.45) is 7.10. The lowest BCUT2D eigenvalue weighted by Gasteiger charge is -2.31. The van der Waals surface area contributed by atoms with Crippen molar-refractivity contribution in [1.29, 1.82) is 0 Å². The fourth-order valence-corrected chi connectivity index (χ4v) is 11.1. The number of rotatable bonds is 2. The first kappa shape index (κ1) is 31.5.